The summed E-state index contributed by atoms with van der Waals surface area (Å²) < 4.78 is 16.6. The van der Waals surface area contributed by atoms with Gasteiger partial charge in [0.2, 0.25) is 0 Å². The van der Waals surface area contributed by atoms with Crippen molar-refractivity contribution < 1.29 is 14.0 Å². The summed E-state index contributed by atoms with van der Waals surface area (Å²) in [5, 5.41) is 0.348. The summed E-state index contributed by atoms with van der Waals surface area (Å²) in [5.74, 6) is 0.249. The van der Waals surface area contributed by atoms with Crippen LogP contribution in [0.4, 0.5) is 0 Å². The molecule has 1 atom stereocenters. The van der Waals surface area contributed by atoms with Crippen LogP contribution in [0, 0.1) is 5.92 Å². The summed E-state index contributed by atoms with van der Waals surface area (Å²) in [4.78, 5) is 9.57. The van der Waals surface area contributed by atoms with Crippen molar-refractivity contribution in [1.29, 1.82) is 0 Å². The van der Waals surface area contributed by atoms with Crippen molar-refractivity contribution in [3.05, 3.63) is 30.3 Å². The van der Waals surface area contributed by atoms with Crippen molar-refractivity contribution in [2.75, 3.05) is 6.61 Å². The molecule has 0 heterocycles. The first-order valence-corrected chi connectivity index (χ1v) is 6.13. The van der Waals surface area contributed by atoms with Gasteiger partial charge in [0.1, 0.15) is 0 Å². The molecule has 0 saturated carbocycles. The zero-order valence-electron chi connectivity index (χ0n) is 8.79. The van der Waals surface area contributed by atoms with Crippen LogP contribution in [0.15, 0.2) is 30.3 Å². The van der Waals surface area contributed by atoms with Crippen molar-refractivity contribution in [3.8, 4) is 0 Å². The van der Waals surface area contributed by atoms with Crippen molar-refractivity contribution in [2.45, 2.75) is 13.8 Å². The first-order valence-electron chi connectivity index (χ1n) is 4.55. The van der Waals surface area contributed by atoms with E-state index in [1.54, 1.807) is 30.3 Å². The fraction of sp³-hybridized carbons (Fsp3) is 0.400. The molecule has 0 bridgehead atoms. The lowest BCUT2D eigenvalue weighted by Crippen LogP contribution is -2.09. The molecule has 5 heteroatoms. The summed E-state index contributed by atoms with van der Waals surface area (Å²) in [6.07, 6.45) is 0. The lowest BCUT2D eigenvalue weighted by atomic mass is 10.2. The molecule has 0 saturated heterocycles. The van der Waals surface area contributed by atoms with Crippen LogP contribution in [0.25, 0.3) is 0 Å². The van der Waals surface area contributed by atoms with Gasteiger partial charge in [0, 0.05) is 0 Å². The van der Waals surface area contributed by atoms with Gasteiger partial charge >= 0.3 is 7.60 Å². The van der Waals surface area contributed by atoms with Crippen molar-refractivity contribution in [1.82, 2.24) is 0 Å². The van der Waals surface area contributed by atoms with E-state index < -0.39 is 7.60 Å². The van der Waals surface area contributed by atoms with E-state index in [-0.39, 0.29) is 18.3 Å². The summed E-state index contributed by atoms with van der Waals surface area (Å²) in [7, 11) is -3.60. The molecular weight excluding hydrogens is 235 g/mol. The minimum Gasteiger partial charge on any atom is -0.321 e. The Morgan fingerprint density at radius 2 is 1.87 bits per heavy atom. The maximum Gasteiger partial charge on any atom is 0.358 e. The van der Waals surface area contributed by atoms with Crippen LogP contribution < -0.4 is 5.30 Å². The van der Waals surface area contributed by atoms with E-state index in [1.807, 2.05) is 13.8 Å². The SMILES string of the molecule is CC(C)COP(=O)(O)c1ccccc1.Cl. The zero-order valence-corrected chi connectivity index (χ0v) is 10.5. The highest BCUT2D eigenvalue weighted by molar-refractivity contribution is 7.61. The Morgan fingerprint density at radius 3 is 2.33 bits per heavy atom. The van der Waals surface area contributed by atoms with Crippen molar-refractivity contribution in [2.24, 2.45) is 5.92 Å². The Kier molecular flexibility index (Phi) is 6.15. The molecule has 1 rings (SSSR count). The summed E-state index contributed by atoms with van der Waals surface area (Å²) in [5.41, 5.74) is 0. The van der Waals surface area contributed by atoms with Crippen molar-refractivity contribution in [3.63, 3.8) is 0 Å². The standard InChI is InChI=1S/C10H15O3P.ClH/c1-9(2)8-13-14(11,12)10-6-4-3-5-7-10;/h3-7,9H,8H2,1-2H3,(H,11,12);1H. The molecule has 0 aliphatic carbocycles. The van der Waals surface area contributed by atoms with Gasteiger partial charge in [-0.2, -0.15) is 0 Å². The largest absolute Gasteiger partial charge is 0.358 e. The van der Waals surface area contributed by atoms with Gasteiger partial charge in [0.15, 0.2) is 0 Å². The number of halogens is 1. The smallest absolute Gasteiger partial charge is 0.321 e. The first-order chi connectivity index (χ1) is 6.52. The summed E-state index contributed by atoms with van der Waals surface area (Å²) in [6, 6.07) is 8.43. The van der Waals surface area contributed by atoms with Gasteiger partial charge < -0.3 is 9.42 Å². The number of hydrogen-bond donors (Lipinski definition) is 1. The Bertz CT molecular complexity index is 327. The van der Waals surface area contributed by atoms with E-state index in [9.17, 15) is 9.46 Å². The Balaban J connectivity index is 0.00000196. The monoisotopic (exact) mass is 250 g/mol. The lowest BCUT2D eigenvalue weighted by Gasteiger charge is -2.13. The second-order valence-corrected chi connectivity index (χ2v) is 5.36. The molecular formula is C10H16ClO3P. The minimum absolute atomic E-state index is 0. The molecule has 86 valence electrons. The van der Waals surface area contributed by atoms with Crippen LogP contribution in [-0.2, 0) is 9.09 Å². The molecule has 0 fully saturated rings. The topological polar surface area (TPSA) is 46.5 Å². The molecule has 0 spiro atoms. The predicted octanol–water partition coefficient (Wildman–Crippen LogP) is 2.59. The van der Waals surface area contributed by atoms with E-state index in [2.05, 4.69) is 0 Å². The Labute approximate surface area is 96.4 Å². The highest BCUT2D eigenvalue weighted by Crippen LogP contribution is 2.40. The quantitative estimate of drug-likeness (QED) is 0.836. The average Bonchev–Trinajstić information content (AvgIpc) is 2.16. The number of hydrogen-bond acceptors (Lipinski definition) is 2. The molecule has 1 aromatic carbocycles. The van der Waals surface area contributed by atoms with E-state index in [1.165, 1.54) is 0 Å². The fourth-order valence-electron chi connectivity index (χ4n) is 0.941. The average molecular weight is 251 g/mol. The van der Waals surface area contributed by atoms with Crippen LogP contribution >= 0.6 is 20.0 Å². The highest BCUT2D eigenvalue weighted by atomic mass is 35.5. The molecule has 15 heavy (non-hydrogen) atoms. The molecule has 0 aliphatic rings. The summed E-state index contributed by atoms with van der Waals surface area (Å²) in [6.45, 7) is 4.17. The summed E-state index contributed by atoms with van der Waals surface area (Å²) >= 11 is 0. The van der Waals surface area contributed by atoms with Gasteiger partial charge in [-0.1, -0.05) is 32.0 Å². The Hall–Kier alpha value is -0.340. The molecule has 1 unspecified atom stereocenters. The number of rotatable bonds is 4. The number of benzene rings is 1. The molecule has 3 nitrogen and oxygen atoms in total. The third-order valence-electron chi connectivity index (χ3n) is 1.67. The second kappa shape index (κ2) is 6.29. The molecule has 1 N–H and O–H groups in total. The van der Waals surface area contributed by atoms with Crippen LogP contribution in [0.1, 0.15) is 13.8 Å². The minimum atomic E-state index is -3.60. The first kappa shape index (κ1) is 14.7. The van der Waals surface area contributed by atoms with Gasteiger partial charge in [0.25, 0.3) is 0 Å². The van der Waals surface area contributed by atoms with Gasteiger partial charge in [-0.3, -0.25) is 4.57 Å². The lowest BCUT2D eigenvalue weighted by molar-refractivity contribution is 0.237. The molecule has 0 radical (unpaired) electrons. The van der Waals surface area contributed by atoms with Crippen molar-refractivity contribution >= 4 is 25.3 Å². The van der Waals surface area contributed by atoms with Gasteiger partial charge in [0.05, 0.1) is 11.9 Å². The van der Waals surface area contributed by atoms with Crippen LogP contribution in [0.3, 0.4) is 0 Å². The maximum absolute atomic E-state index is 11.7. The van der Waals surface area contributed by atoms with Crippen LogP contribution in [0.5, 0.6) is 0 Å². The van der Waals surface area contributed by atoms with E-state index in [0.29, 0.717) is 11.9 Å². The van der Waals surface area contributed by atoms with Gasteiger partial charge in [-0.25, -0.2) is 0 Å². The molecule has 0 aliphatic heterocycles. The van der Waals surface area contributed by atoms with E-state index in [0.717, 1.165) is 0 Å². The van der Waals surface area contributed by atoms with E-state index >= 15 is 0 Å². The second-order valence-electron chi connectivity index (χ2n) is 3.55. The zero-order chi connectivity index (χ0) is 10.6. The molecule has 0 amide bonds. The fourth-order valence-corrected chi connectivity index (χ4v) is 2.14. The Morgan fingerprint density at radius 1 is 1.33 bits per heavy atom. The normalized spacial score (nSPS) is 14.4. The van der Waals surface area contributed by atoms with E-state index in [4.69, 9.17) is 4.52 Å². The van der Waals surface area contributed by atoms with Gasteiger partial charge in [-0.15, -0.1) is 12.4 Å². The maximum atomic E-state index is 11.7. The third kappa shape index (κ3) is 4.80. The van der Waals surface area contributed by atoms with Gasteiger partial charge in [-0.05, 0) is 18.1 Å². The van der Waals surface area contributed by atoms with Crippen LogP contribution in [-0.4, -0.2) is 11.5 Å². The predicted molar refractivity (Wildman–Crippen MR) is 63.9 cm³/mol. The molecule has 0 aromatic heterocycles. The highest BCUT2D eigenvalue weighted by Gasteiger charge is 2.22. The van der Waals surface area contributed by atoms with Crippen LogP contribution in [0.2, 0.25) is 0 Å². The molecule has 1 aromatic rings. The third-order valence-corrected chi connectivity index (χ3v) is 3.12.